The van der Waals surface area contributed by atoms with E-state index in [1.807, 2.05) is 6.07 Å². The Kier molecular flexibility index (Phi) is 4.64. The summed E-state index contributed by atoms with van der Waals surface area (Å²) in [6.45, 7) is 1.78. The molecule has 1 aromatic heterocycles. The molecule has 8 heteroatoms. The van der Waals surface area contributed by atoms with E-state index in [1.165, 1.54) is 11.4 Å². The number of halogens is 1. The van der Waals surface area contributed by atoms with Crippen molar-refractivity contribution in [1.29, 1.82) is 5.26 Å². The van der Waals surface area contributed by atoms with Crippen LogP contribution in [0.1, 0.15) is 16.8 Å². The second-order valence-corrected chi connectivity index (χ2v) is 8.23. The summed E-state index contributed by atoms with van der Waals surface area (Å²) in [5.41, 5.74) is 1.63. The Morgan fingerprint density at radius 3 is 2.76 bits per heavy atom. The van der Waals surface area contributed by atoms with Crippen molar-refractivity contribution >= 4 is 33.0 Å². The van der Waals surface area contributed by atoms with Crippen LogP contribution >= 0.6 is 22.9 Å². The molecule has 5 nitrogen and oxygen atoms in total. The van der Waals surface area contributed by atoms with Crippen LogP contribution in [0.5, 0.6) is 0 Å². The molecule has 0 radical (unpaired) electrons. The van der Waals surface area contributed by atoms with E-state index in [0.29, 0.717) is 11.3 Å². The predicted molar refractivity (Wildman–Crippen MR) is 81.7 cm³/mol. The number of aromatic nitrogens is 1. The van der Waals surface area contributed by atoms with Gasteiger partial charge in [0, 0.05) is 13.6 Å². The first-order valence-electron chi connectivity index (χ1n) is 5.93. The minimum atomic E-state index is -3.64. The highest BCUT2D eigenvalue weighted by Crippen LogP contribution is 2.29. The van der Waals surface area contributed by atoms with Gasteiger partial charge < -0.3 is 0 Å². The molecule has 0 amide bonds. The first-order chi connectivity index (χ1) is 9.84. The molecule has 0 saturated carbocycles. The number of benzene rings is 1. The molecule has 1 heterocycles. The molecule has 0 N–H and O–H groups in total. The zero-order valence-electron chi connectivity index (χ0n) is 11.4. The molecule has 0 unspecified atom stereocenters. The van der Waals surface area contributed by atoms with Gasteiger partial charge in [-0.1, -0.05) is 35.1 Å². The lowest BCUT2D eigenvalue weighted by atomic mass is 10.1. The summed E-state index contributed by atoms with van der Waals surface area (Å²) in [6.07, 6.45) is 0. The lowest BCUT2D eigenvalue weighted by Crippen LogP contribution is -2.26. The van der Waals surface area contributed by atoms with Gasteiger partial charge in [-0.15, -0.1) is 0 Å². The average Bonchev–Trinajstić information content (AvgIpc) is 2.78. The third kappa shape index (κ3) is 3.41. The molecular weight excluding hydrogens is 330 g/mol. The Hall–Kier alpha value is -1.46. The number of hydrogen-bond donors (Lipinski definition) is 0. The Morgan fingerprint density at radius 1 is 1.48 bits per heavy atom. The highest BCUT2D eigenvalue weighted by molar-refractivity contribution is 7.91. The van der Waals surface area contributed by atoms with Gasteiger partial charge in [-0.3, -0.25) is 0 Å². The van der Waals surface area contributed by atoms with Crippen LogP contribution in [0.3, 0.4) is 0 Å². The Bertz CT molecular complexity index is 809. The van der Waals surface area contributed by atoms with Gasteiger partial charge in [-0.2, -0.15) is 9.57 Å². The second-order valence-electron chi connectivity index (χ2n) is 4.41. The highest BCUT2D eigenvalue weighted by atomic mass is 35.5. The fourth-order valence-corrected chi connectivity index (χ4v) is 4.90. The van der Waals surface area contributed by atoms with Crippen molar-refractivity contribution in [2.45, 2.75) is 17.7 Å². The molecule has 21 heavy (non-hydrogen) atoms. The normalized spacial score (nSPS) is 11.6. The average molecular weight is 342 g/mol. The Labute approximate surface area is 132 Å². The summed E-state index contributed by atoms with van der Waals surface area (Å²) < 4.78 is 26.6. The molecule has 2 aromatic rings. The smallest absolute Gasteiger partial charge is 0.229 e. The van der Waals surface area contributed by atoms with Crippen molar-refractivity contribution in [3.05, 3.63) is 45.6 Å². The van der Waals surface area contributed by atoms with Crippen LogP contribution in [0, 0.1) is 18.3 Å². The van der Waals surface area contributed by atoms with Crippen LogP contribution in [0.4, 0.5) is 0 Å². The molecule has 1 aromatic carbocycles. The van der Waals surface area contributed by atoms with Crippen LogP contribution in [-0.4, -0.2) is 24.8 Å². The number of thiazole rings is 1. The predicted octanol–water partition coefficient (Wildman–Crippen LogP) is 2.80. The lowest BCUT2D eigenvalue weighted by molar-refractivity contribution is 0.468. The van der Waals surface area contributed by atoms with Gasteiger partial charge in [0.05, 0.1) is 17.3 Å². The second kappa shape index (κ2) is 6.12. The minimum absolute atomic E-state index is 0.145. The molecule has 0 saturated heterocycles. The monoisotopic (exact) mass is 341 g/mol. The van der Waals surface area contributed by atoms with Gasteiger partial charge in [-0.05, 0) is 24.6 Å². The molecular formula is C13H12ClN3O2S2. The maximum atomic E-state index is 12.5. The molecule has 2 rings (SSSR count). The number of rotatable bonds is 4. The van der Waals surface area contributed by atoms with Crippen molar-refractivity contribution < 1.29 is 8.42 Å². The quantitative estimate of drug-likeness (QED) is 0.857. The van der Waals surface area contributed by atoms with Crippen LogP contribution in [0.25, 0.3) is 0 Å². The first kappa shape index (κ1) is 15.9. The maximum absolute atomic E-state index is 12.5. The van der Waals surface area contributed by atoms with E-state index >= 15 is 0 Å². The molecule has 0 spiro atoms. The minimum Gasteiger partial charge on any atom is -0.229 e. The third-order valence-electron chi connectivity index (χ3n) is 2.83. The van der Waals surface area contributed by atoms with E-state index in [0.717, 1.165) is 16.9 Å². The molecule has 0 aliphatic rings. The van der Waals surface area contributed by atoms with E-state index in [2.05, 4.69) is 4.98 Å². The molecule has 110 valence electrons. The molecule has 0 fully saturated rings. The van der Waals surface area contributed by atoms with Crippen LogP contribution in [0.15, 0.2) is 28.5 Å². The molecule has 0 aliphatic heterocycles. The van der Waals surface area contributed by atoms with Crippen molar-refractivity contribution in [2.75, 3.05) is 7.05 Å². The van der Waals surface area contributed by atoms with Gasteiger partial charge in [0.1, 0.15) is 0 Å². The summed E-state index contributed by atoms with van der Waals surface area (Å²) >= 11 is 6.70. The van der Waals surface area contributed by atoms with E-state index in [-0.39, 0.29) is 15.2 Å². The van der Waals surface area contributed by atoms with Gasteiger partial charge in [-0.25, -0.2) is 13.4 Å². The maximum Gasteiger partial charge on any atom is 0.254 e. The van der Waals surface area contributed by atoms with Gasteiger partial charge in [0.25, 0.3) is 10.0 Å². The third-order valence-corrected chi connectivity index (χ3v) is 6.49. The van der Waals surface area contributed by atoms with Gasteiger partial charge >= 0.3 is 0 Å². The number of aryl methyl sites for hydroxylation is 1. The molecule has 0 bridgehead atoms. The van der Waals surface area contributed by atoms with Crippen LogP contribution in [-0.2, 0) is 16.6 Å². The number of sulfonamides is 1. The zero-order chi connectivity index (χ0) is 15.6. The van der Waals surface area contributed by atoms with Crippen molar-refractivity contribution in [3.63, 3.8) is 0 Å². The largest absolute Gasteiger partial charge is 0.254 e. The first-order valence-corrected chi connectivity index (χ1v) is 8.56. The molecule has 0 aliphatic carbocycles. The van der Waals surface area contributed by atoms with Crippen LogP contribution in [0.2, 0.25) is 4.47 Å². The van der Waals surface area contributed by atoms with E-state index in [4.69, 9.17) is 16.9 Å². The van der Waals surface area contributed by atoms with Gasteiger partial charge in [0.2, 0.25) is 0 Å². The Balaban J connectivity index is 2.29. The lowest BCUT2D eigenvalue weighted by Gasteiger charge is -2.16. The summed E-state index contributed by atoms with van der Waals surface area (Å²) in [7, 11) is -2.16. The zero-order valence-corrected chi connectivity index (χ0v) is 13.8. The fourth-order valence-electron chi connectivity index (χ4n) is 1.81. The van der Waals surface area contributed by atoms with E-state index in [9.17, 15) is 8.42 Å². The topological polar surface area (TPSA) is 74.1 Å². The van der Waals surface area contributed by atoms with E-state index < -0.39 is 10.0 Å². The van der Waals surface area contributed by atoms with Gasteiger partial charge in [0.15, 0.2) is 8.68 Å². The van der Waals surface area contributed by atoms with Crippen LogP contribution < -0.4 is 0 Å². The SMILES string of the molecule is Cc1nc(Cl)sc1S(=O)(=O)N(C)Cc1cccc(C#N)c1. The highest BCUT2D eigenvalue weighted by Gasteiger charge is 2.26. The standard InChI is InChI=1S/C13H12ClN3O2S2/c1-9-12(20-13(14)16-9)21(18,19)17(2)8-11-5-3-4-10(6-11)7-15/h3-6H,8H2,1-2H3. The summed E-state index contributed by atoms with van der Waals surface area (Å²) in [4.78, 5) is 3.93. The molecule has 0 atom stereocenters. The number of hydrogen-bond acceptors (Lipinski definition) is 5. The summed E-state index contributed by atoms with van der Waals surface area (Å²) in [5.74, 6) is 0. The van der Waals surface area contributed by atoms with Crippen molar-refractivity contribution in [3.8, 4) is 6.07 Å². The fraction of sp³-hybridized carbons (Fsp3) is 0.231. The Morgan fingerprint density at radius 2 is 2.19 bits per heavy atom. The summed E-state index contributed by atoms with van der Waals surface area (Å²) in [5, 5.41) is 8.87. The summed E-state index contributed by atoms with van der Waals surface area (Å²) in [6, 6.07) is 8.87. The van der Waals surface area contributed by atoms with Crippen molar-refractivity contribution in [1.82, 2.24) is 9.29 Å². The number of nitrogens with zero attached hydrogens (tertiary/aromatic N) is 3. The number of nitriles is 1. The van der Waals surface area contributed by atoms with E-state index in [1.54, 1.807) is 31.2 Å². The van der Waals surface area contributed by atoms with Crippen molar-refractivity contribution in [2.24, 2.45) is 0 Å².